The van der Waals surface area contributed by atoms with E-state index < -0.39 is 11.7 Å². The summed E-state index contributed by atoms with van der Waals surface area (Å²) in [4.78, 5) is 38.9. The van der Waals surface area contributed by atoms with Crippen LogP contribution >= 0.6 is 0 Å². The largest absolute Gasteiger partial charge is 0.443 e. The second-order valence-corrected chi connectivity index (χ2v) is 10.6. The van der Waals surface area contributed by atoms with E-state index in [1.54, 1.807) is 31.2 Å². The van der Waals surface area contributed by atoms with E-state index in [1.807, 2.05) is 62.1 Å². The predicted octanol–water partition coefficient (Wildman–Crippen LogP) is 4.22. The Balaban J connectivity index is 1.42. The van der Waals surface area contributed by atoms with Crippen molar-refractivity contribution in [1.29, 1.82) is 0 Å². The fourth-order valence-electron chi connectivity index (χ4n) is 4.63. The summed E-state index contributed by atoms with van der Waals surface area (Å²) in [6.07, 6.45) is 2.98. The fourth-order valence-corrected chi connectivity index (χ4v) is 4.63. The van der Waals surface area contributed by atoms with E-state index in [0.29, 0.717) is 24.7 Å². The zero-order chi connectivity index (χ0) is 27.6. The van der Waals surface area contributed by atoms with Crippen LogP contribution in [0.25, 0.3) is 5.69 Å². The number of hydrogen-bond donors (Lipinski definition) is 1. The summed E-state index contributed by atoms with van der Waals surface area (Å²) in [5, 5.41) is 7.76. The maximum atomic E-state index is 12.3. The number of pyridine rings is 1. The van der Waals surface area contributed by atoms with E-state index in [2.05, 4.69) is 39.1 Å². The summed E-state index contributed by atoms with van der Waals surface area (Å²) in [7, 11) is 1.67. The molecule has 1 N–H and O–H groups in total. The molecule has 0 bridgehead atoms. The standard InChI is InChI=1S/C27H36N8O3/c1-18-15-33(16-19(2)35(18)20(3)36)24-14-23(12-13-28-24)34-17-29-25(31-34)30-21-8-10-22(11-9-21)32(7)26(37)38-27(4,5)6/h8-14,17-19H,15-16H2,1-7H3,(H,30,31)/t18-,19+. The Morgan fingerprint density at radius 3 is 2.32 bits per heavy atom. The van der Waals surface area contributed by atoms with E-state index >= 15 is 0 Å². The number of amides is 2. The van der Waals surface area contributed by atoms with Crippen LogP contribution in [0.4, 0.5) is 27.9 Å². The fraction of sp³-hybridized carbons (Fsp3) is 0.444. The van der Waals surface area contributed by atoms with Crippen molar-refractivity contribution in [3.05, 3.63) is 48.9 Å². The van der Waals surface area contributed by atoms with Crippen LogP contribution in [0.3, 0.4) is 0 Å². The van der Waals surface area contributed by atoms with Crippen molar-refractivity contribution in [2.75, 3.05) is 35.3 Å². The number of aromatic nitrogens is 4. The third-order valence-electron chi connectivity index (χ3n) is 6.27. The maximum Gasteiger partial charge on any atom is 0.414 e. The zero-order valence-corrected chi connectivity index (χ0v) is 23.0. The highest BCUT2D eigenvalue weighted by Crippen LogP contribution is 2.24. The van der Waals surface area contributed by atoms with Gasteiger partial charge in [-0.15, -0.1) is 5.10 Å². The summed E-state index contributed by atoms with van der Waals surface area (Å²) in [5.74, 6) is 1.37. The highest BCUT2D eigenvalue weighted by Gasteiger charge is 2.31. The number of rotatable bonds is 5. The van der Waals surface area contributed by atoms with Gasteiger partial charge in [0.05, 0.1) is 5.69 Å². The number of carbonyl (C=O) groups is 2. The van der Waals surface area contributed by atoms with Gasteiger partial charge in [-0.2, -0.15) is 4.98 Å². The highest BCUT2D eigenvalue weighted by molar-refractivity contribution is 5.87. The Kier molecular flexibility index (Phi) is 7.56. The molecule has 0 spiro atoms. The Morgan fingerprint density at radius 1 is 1.05 bits per heavy atom. The molecule has 11 heteroatoms. The summed E-state index contributed by atoms with van der Waals surface area (Å²) in [6.45, 7) is 12.7. The second-order valence-electron chi connectivity index (χ2n) is 10.6. The van der Waals surface area contributed by atoms with Crippen LogP contribution in [-0.2, 0) is 9.53 Å². The molecule has 1 saturated heterocycles. The molecule has 4 rings (SSSR count). The van der Waals surface area contributed by atoms with Crippen molar-refractivity contribution < 1.29 is 14.3 Å². The van der Waals surface area contributed by atoms with Gasteiger partial charge in [0.1, 0.15) is 17.7 Å². The van der Waals surface area contributed by atoms with Crippen LogP contribution in [0, 0.1) is 0 Å². The lowest BCUT2D eigenvalue weighted by atomic mass is 10.1. The number of carbonyl (C=O) groups excluding carboxylic acids is 2. The summed E-state index contributed by atoms with van der Waals surface area (Å²) in [5.41, 5.74) is 1.76. The van der Waals surface area contributed by atoms with E-state index in [4.69, 9.17) is 4.74 Å². The monoisotopic (exact) mass is 520 g/mol. The van der Waals surface area contributed by atoms with Crippen molar-refractivity contribution in [1.82, 2.24) is 24.6 Å². The Morgan fingerprint density at radius 2 is 1.71 bits per heavy atom. The number of ether oxygens (including phenoxy) is 1. The molecule has 3 aromatic rings. The molecule has 0 aliphatic carbocycles. The number of nitrogens with zero attached hydrogens (tertiary/aromatic N) is 7. The minimum Gasteiger partial charge on any atom is -0.443 e. The van der Waals surface area contributed by atoms with E-state index in [-0.39, 0.29) is 18.0 Å². The van der Waals surface area contributed by atoms with Crippen molar-refractivity contribution in [3.8, 4) is 5.69 Å². The zero-order valence-electron chi connectivity index (χ0n) is 23.0. The molecule has 0 saturated carbocycles. The van der Waals surface area contributed by atoms with Gasteiger partial charge in [-0.05, 0) is 65.0 Å². The summed E-state index contributed by atoms with van der Waals surface area (Å²) >= 11 is 0. The normalized spacial score (nSPS) is 17.8. The lowest BCUT2D eigenvalue weighted by molar-refractivity contribution is -0.133. The molecular weight excluding hydrogens is 484 g/mol. The van der Waals surface area contributed by atoms with Gasteiger partial charge in [0.15, 0.2) is 0 Å². The molecule has 2 aromatic heterocycles. The summed E-state index contributed by atoms with van der Waals surface area (Å²) < 4.78 is 7.11. The van der Waals surface area contributed by atoms with Crippen molar-refractivity contribution in [3.63, 3.8) is 0 Å². The Bertz CT molecular complexity index is 1270. The number of piperazine rings is 1. The maximum absolute atomic E-state index is 12.3. The van der Waals surface area contributed by atoms with Gasteiger partial charge in [-0.1, -0.05) is 0 Å². The average molecular weight is 521 g/mol. The van der Waals surface area contributed by atoms with Gasteiger partial charge in [-0.25, -0.2) is 14.5 Å². The van der Waals surface area contributed by atoms with Crippen LogP contribution in [0.1, 0.15) is 41.5 Å². The van der Waals surface area contributed by atoms with Crippen LogP contribution in [0.2, 0.25) is 0 Å². The first kappa shape index (κ1) is 26.9. The third-order valence-corrected chi connectivity index (χ3v) is 6.27. The molecular formula is C27H36N8O3. The molecule has 1 aliphatic rings. The lowest BCUT2D eigenvalue weighted by Gasteiger charge is -2.44. The van der Waals surface area contributed by atoms with Crippen LogP contribution in [0.15, 0.2) is 48.9 Å². The van der Waals surface area contributed by atoms with Crippen LogP contribution in [-0.4, -0.2) is 74.5 Å². The van der Waals surface area contributed by atoms with E-state index in [1.165, 1.54) is 4.90 Å². The van der Waals surface area contributed by atoms with Gasteiger partial charge >= 0.3 is 6.09 Å². The van der Waals surface area contributed by atoms with Crippen LogP contribution in [0.5, 0.6) is 0 Å². The molecule has 0 radical (unpaired) electrons. The van der Waals surface area contributed by atoms with Crippen molar-refractivity contribution in [2.45, 2.75) is 59.2 Å². The first-order valence-corrected chi connectivity index (χ1v) is 12.7. The van der Waals surface area contributed by atoms with Crippen molar-refractivity contribution in [2.24, 2.45) is 0 Å². The highest BCUT2D eigenvalue weighted by atomic mass is 16.6. The minimum atomic E-state index is -0.561. The molecule has 3 heterocycles. The molecule has 38 heavy (non-hydrogen) atoms. The number of anilines is 4. The Hall–Kier alpha value is -4.15. The van der Waals surface area contributed by atoms with E-state index in [0.717, 1.165) is 17.2 Å². The third kappa shape index (κ3) is 6.21. The minimum absolute atomic E-state index is 0.0960. The summed E-state index contributed by atoms with van der Waals surface area (Å²) in [6, 6.07) is 11.4. The second kappa shape index (κ2) is 10.7. The molecule has 1 fully saturated rings. The number of benzene rings is 1. The van der Waals surface area contributed by atoms with Gasteiger partial charge in [0.25, 0.3) is 0 Å². The molecule has 11 nitrogen and oxygen atoms in total. The van der Waals surface area contributed by atoms with E-state index in [9.17, 15) is 9.59 Å². The number of hydrogen-bond acceptors (Lipinski definition) is 8. The topological polar surface area (TPSA) is 109 Å². The van der Waals surface area contributed by atoms with Gasteiger partial charge in [-0.3, -0.25) is 9.69 Å². The first-order valence-electron chi connectivity index (χ1n) is 12.7. The predicted molar refractivity (Wildman–Crippen MR) is 147 cm³/mol. The lowest BCUT2D eigenvalue weighted by Crippen LogP contribution is -2.58. The van der Waals surface area contributed by atoms with Gasteiger partial charge < -0.3 is 19.9 Å². The molecule has 1 aliphatic heterocycles. The average Bonchev–Trinajstić information content (AvgIpc) is 3.31. The molecule has 202 valence electrons. The Labute approximate surface area is 223 Å². The molecule has 1 aromatic carbocycles. The first-order chi connectivity index (χ1) is 17.9. The number of nitrogens with one attached hydrogen (secondary N) is 1. The smallest absolute Gasteiger partial charge is 0.414 e. The molecule has 2 amide bonds. The quantitative estimate of drug-likeness (QED) is 0.533. The SMILES string of the molecule is CC(=O)N1[C@H](C)CN(c2cc(-n3cnc(Nc4ccc(N(C)C(=O)OC(C)(C)C)cc4)n3)ccn2)C[C@@H]1C. The van der Waals surface area contributed by atoms with Crippen LogP contribution < -0.4 is 15.1 Å². The molecule has 0 unspecified atom stereocenters. The van der Waals surface area contributed by atoms with Crippen molar-refractivity contribution >= 4 is 35.1 Å². The van der Waals surface area contributed by atoms with Gasteiger partial charge in [0.2, 0.25) is 11.9 Å². The molecule has 2 atom stereocenters. The van der Waals surface area contributed by atoms with Gasteiger partial charge in [0, 0.05) is 62.8 Å².